The molecule has 7 aromatic heterocycles. The average molecular weight is 1090 g/mol. The maximum Gasteiger partial charge on any atom is 0.330 e. The molecule has 24 nitrogen and oxygen atoms in total. The van der Waals surface area contributed by atoms with Crippen LogP contribution in [0, 0.1) is 12.7 Å². The minimum absolute atomic E-state index is 0.0541. The van der Waals surface area contributed by atoms with Gasteiger partial charge >= 0.3 is 24.0 Å². The van der Waals surface area contributed by atoms with Crippen molar-refractivity contribution in [3.8, 4) is 52.3 Å². The van der Waals surface area contributed by atoms with E-state index in [1.54, 1.807) is 22.4 Å². The van der Waals surface area contributed by atoms with Crippen molar-refractivity contribution >= 4 is 73.6 Å². The molecule has 4 aromatic carbocycles. The normalized spacial score (nSPS) is 12.9. The lowest BCUT2D eigenvalue weighted by molar-refractivity contribution is 0.122. The first-order chi connectivity index (χ1) is 38.3. The van der Waals surface area contributed by atoms with Crippen molar-refractivity contribution in [2.45, 2.75) is 25.7 Å². The van der Waals surface area contributed by atoms with Crippen molar-refractivity contribution in [1.29, 1.82) is 0 Å². The van der Waals surface area contributed by atoms with Gasteiger partial charge in [-0.15, -0.1) is 32.8 Å². The van der Waals surface area contributed by atoms with E-state index in [1.165, 1.54) is 61.7 Å². The number of methoxy groups -OCH3 is 1. The van der Waals surface area contributed by atoms with Crippen LogP contribution in [0.15, 0.2) is 136 Å². The molecule has 0 amide bonds. The standard InChI is InChI=1S/C20H14N6O2S.C16H14FN5O2S.C15H15N7O2/c1-12-3-2-4-13(7-12)18-24-19(23-17-9-21-10-27-17)26-20(25-18)28-14-5-6-15-16(8-14)29-11-22-15;1-23-15-20-14(19-13-12(9-2-3-9)18-8-25-13)21-16(22-15)24-11-6-4-10(17)5-7-11;1-2-4-11(5-3-1)12-17-13(20-15-21-16-10-24-15)19-14(18-12)22-6-8-23-9-7-22/h2-11H,1H3,(H,23,24,25,26);4-9H,2-3H2,1H3,(H,19,20,21,22);1-5,10H,6-9H2,(H,17,18,19,20,21). The zero-order valence-electron chi connectivity index (χ0n) is 41.3. The first kappa shape index (κ1) is 50.4. The van der Waals surface area contributed by atoms with E-state index in [2.05, 4.69) is 90.9 Å². The van der Waals surface area contributed by atoms with E-state index in [-0.39, 0.29) is 29.9 Å². The molecule has 1 aliphatic carbocycles. The number of aromatic nitrogens is 14. The van der Waals surface area contributed by atoms with Crippen LogP contribution in [-0.4, -0.2) is 103 Å². The van der Waals surface area contributed by atoms with Crippen LogP contribution in [0.25, 0.3) is 33.0 Å². The molecule has 0 unspecified atom stereocenters. The van der Waals surface area contributed by atoms with Crippen LogP contribution in [0.5, 0.6) is 29.5 Å². The van der Waals surface area contributed by atoms with Crippen LogP contribution in [0.2, 0.25) is 0 Å². The first-order valence-corrected chi connectivity index (χ1v) is 25.7. The van der Waals surface area contributed by atoms with E-state index >= 15 is 0 Å². The summed E-state index contributed by atoms with van der Waals surface area (Å²) in [5.41, 5.74) is 8.41. The summed E-state index contributed by atoms with van der Waals surface area (Å²) in [4.78, 5) is 54.0. The second kappa shape index (κ2) is 23.9. The first-order valence-electron chi connectivity index (χ1n) is 23.9. The Bertz CT molecular complexity index is 3720. The molecule has 3 N–H and O–H groups in total. The largest absolute Gasteiger partial charge is 0.467 e. The molecule has 27 heteroatoms. The number of morpholine rings is 1. The van der Waals surface area contributed by atoms with Crippen molar-refractivity contribution in [2.75, 3.05) is 54.3 Å². The van der Waals surface area contributed by atoms with Gasteiger partial charge in [-0.05, 0) is 62.2 Å². The SMILES string of the molecule is COc1nc(Nc2scnc2C2CC2)nc(Oc2ccc(F)cc2)n1.Cc1cccc(-c2nc(Nc3cnco3)nc(Oc3ccc4ncsc4c3)n2)c1.c1ccc(-c2nc(Nc3nnco3)nc(N3CCOCC3)n2)cc1. The van der Waals surface area contributed by atoms with Gasteiger partial charge in [0.15, 0.2) is 18.0 Å². The highest BCUT2D eigenvalue weighted by Crippen LogP contribution is 2.44. The van der Waals surface area contributed by atoms with E-state index in [9.17, 15) is 4.39 Å². The predicted molar refractivity (Wildman–Crippen MR) is 286 cm³/mol. The summed E-state index contributed by atoms with van der Waals surface area (Å²) in [5, 5.41) is 17.4. The summed E-state index contributed by atoms with van der Waals surface area (Å²) in [6, 6.07) is 29.4. The van der Waals surface area contributed by atoms with E-state index in [0.717, 1.165) is 63.5 Å². The third-order valence-electron chi connectivity index (χ3n) is 11.2. The second-order valence-corrected chi connectivity index (χ2v) is 18.5. The van der Waals surface area contributed by atoms with Gasteiger partial charge in [0.05, 0.1) is 53.5 Å². The van der Waals surface area contributed by atoms with Crippen molar-refractivity contribution < 1.29 is 32.2 Å². The molecule has 8 heterocycles. The van der Waals surface area contributed by atoms with Crippen molar-refractivity contribution in [3.05, 3.63) is 144 Å². The Morgan fingerprint density at radius 1 is 0.654 bits per heavy atom. The summed E-state index contributed by atoms with van der Waals surface area (Å²) < 4.78 is 46.4. The van der Waals surface area contributed by atoms with Crippen molar-refractivity contribution in [1.82, 2.24) is 70.0 Å². The molecule has 0 spiro atoms. The zero-order valence-corrected chi connectivity index (χ0v) is 42.9. The molecule has 1 aliphatic heterocycles. The van der Waals surface area contributed by atoms with Crippen LogP contribution in [0.1, 0.15) is 30.0 Å². The summed E-state index contributed by atoms with van der Waals surface area (Å²) in [6.45, 7) is 4.79. The molecule has 0 bridgehead atoms. The molecule has 2 fully saturated rings. The molecule has 78 heavy (non-hydrogen) atoms. The number of rotatable bonds is 15. The highest BCUT2D eigenvalue weighted by Gasteiger charge is 2.29. The lowest BCUT2D eigenvalue weighted by Gasteiger charge is -2.27. The molecule has 0 atom stereocenters. The molecule has 2 aliphatic rings. The Balaban J connectivity index is 0.000000125. The number of benzene rings is 4. The van der Waals surface area contributed by atoms with Crippen molar-refractivity contribution in [2.24, 2.45) is 0 Å². The van der Waals surface area contributed by atoms with Gasteiger partial charge in [0.1, 0.15) is 22.3 Å². The maximum atomic E-state index is 13.0. The minimum atomic E-state index is -0.347. The molecular weight excluding hydrogens is 1040 g/mol. The number of nitrogens with zero attached hydrogens (tertiary/aromatic N) is 15. The number of hydrogen-bond donors (Lipinski definition) is 3. The number of halogens is 1. The molecule has 1 saturated heterocycles. The van der Waals surface area contributed by atoms with E-state index in [4.69, 9.17) is 27.8 Å². The summed E-state index contributed by atoms with van der Waals surface area (Å²) >= 11 is 3.04. The number of oxazole rings is 1. The van der Waals surface area contributed by atoms with E-state index < -0.39 is 0 Å². The fraction of sp³-hybridized carbons (Fsp3) is 0.176. The summed E-state index contributed by atoms with van der Waals surface area (Å²) in [5.74, 6) is 4.22. The monoisotopic (exact) mass is 1090 g/mol. The Morgan fingerprint density at radius 3 is 2.14 bits per heavy atom. The zero-order chi connectivity index (χ0) is 53.0. The van der Waals surface area contributed by atoms with Crippen LogP contribution >= 0.6 is 22.7 Å². The molecule has 392 valence electrons. The van der Waals surface area contributed by atoms with Gasteiger partial charge in [0, 0.05) is 36.2 Å². The number of fused-ring (bicyclic) bond motifs is 1. The fourth-order valence-electron chi connectivity index (χ4n) is 7.36. The molecule has 11 aromatic rings. The number of ether oxygens (including phenoxy) is 4. The van der Waals surface area contributed by atoms with Crippen LogP contribution in [0.3, 0.4) is 0 Å². The second-order valence-electron chi connectivity index (χ2n) is 16.8. The summed E-state index contributed by atoms with van der Waals surface area (Å²) in [7, 11) is 1.46. The van der Waals surface area contributed by atoms with Gasteiger partial charge in [0.2, 0.25) is 36.1 Å². The number of aryl methyl sites for hydroxylation is 1. The van der Waals surface area contributed by atoms with Gasteiger partial charge in [-0.3, -0.25) is 10.6 Å². The quantitative estimate of drug-likeness (QED) is 0.0860. The molecule has 13 rings (SSSR count). The summed E-state index contributed by atoms with van der Waals surface area (Å²) in [6.07, 6.45) is 6.40. The van der Waals surface area contributed by atoms with Gasteiger partial charge in [-0.25, -0.2) is 19.3 Å². The fourth-order valence-corrected chi connectivity index (χ4v) is 8.83. The molecule has 1 saturated carbocycles. The third kappa shape index (κ3) is 13.2. The Morgan fingerprint density at radius 2 is 1.38 bits per heavy atom. The Kier molecular flexibility index (Phi) is 15.4. The van der Waals surface area contributed by atoms with E-state index in [0.29, 0.717) is 72.0 Å². The Hall–Kier alpha value is -9.73. The van der Waals surface area contributed by atoms with Gasteiger partial charge in [-0.2, -0.15) is 39.9 Å². The highest BCUT2D eigenvalue weighted by molar-refractivity contribution is 7.16. The minimum Gasteiger partial charge on any atom is -0.467 e. The number of anilines is 7. The maximum absolute atomic E-state index is 13.0. The van der Waals surface area contributed by atoms with E-state index in [1.807, 2.05) is 79.7 Å². The van der Waals surface area contributed by atoms with Gasteiger partial charge in [0.25, 0.3) is 0 Å². The number of thiazole rings is 2. The lowest BCUT2D eigenvalue weighted by atomic mass is 10.1. The lowest BCUT2D eigenvalue weighted by Crippen LogP contribution is -2.37. The Labute approximate surface area is 450 Å². The topological polar surface area (TPSA) is 283 Å². The van der Waals surface area contributed by atoms with Crippen LogP contribution in [-0.2, 0) is 4.74 Å². The van der Waals surface area contributed by atoms with Crippen LogP contribution < -0.4 is 35.1 Å². The van der Waals surface area contributed by atoms with Crippen molar-refractivity contribution in [3.63, 3.8) is 0 Å². The van der Waals surface area contributed by atoms with Crippen LogP contribution in [0.4, 0.5) is 45.1 Å². The number of nitrogens with one attached hydrogen (secondary N) is 3. The predicted octanol–water partition coefficient (Wildman–Crippen LogP) is 10.4. The molecule has 0 radical (unpaired) electrons. The number of hydrogen-bond acceptors (Lipinski definition) is 26. The van der Waals surface area contributed by atoms with Gasteiger partial charge < -0.3 is 38.0 Å². The third-order valence-corrected chi connectivity index (χ3v) is 12.7. The average Bonchev–Trinajstić information content (AvgIpc) is 3.94. The molecular formula is C51H43FN18O6S2. The van der Waals surface area contributed by atoms with Gasteiger partial charge in [-0.1, -0.05) is 59.2 Å². The smallest absolute Gasteiger partial charge is 0.330 e. The highest BCUT2D eigenvalue weighted by atomic mass is 32.1.